The van der Waals surface area contributed by atoms with E-state index < -0.39 is 20.1 Å². The van der Waals surface area contributed by atoms with Gasteiger partial charge < -0.3 is 9.84 Å². The Morgan fingerprint density at radius 3 is 2.12 bits per heavy atom. The number of phenols is 1. The van der Waals surface area contributed by atoms with Crippen molar-refractivity contribution in [2.75, 3.05) is 6.61 Å². The molecule has 0 amide bonds. The van der Waals surface area contributed by atoms with Crippen LogP contribution in [0.3, 0.4) is 0 Å². The van der Waals surface area contributed by atoms with Gasteiger partial charge in [0.2, 0.25) is 0 Å². The zero-order chi connectivity index (χ0) is 17.9. The van der Waals surface area contributed by atoms with Gasteiger partial charge in [0.05, 0.1) is 15.6 Å². The largest absolute Gasteiger partial charge is 0.508 e. The minimum Gasteiger partial charge on any atom is -0.508 e. The predicted octanol–water partition coefficient (Wildman–Crippen LogP) is 5.32. The van der Waals surface area contributed by atoms with E-state index in [0.29, 0.717) is 5.57 Å². The summed E-state index contributed by atoms with van der Waals surface area (Å²) in [7, 11) is 0. The Labute approximate surface area is 167 Å². The van der Waals surface area contributed by atoms with Crippen molar-refractivity contribution in [3.05, 3.63) is 51.5 Å². The van der Waals surface area contributed by atoms with Crippen LogP contribution in [0, 0.1) is 0 Å². The number of alkyl halides is 4. The second-order valence-electron chi connectivity index (χ2n) is 5.37. The first-order chi connectivity index (χ1) is 11.1. The summed E-state index contributed by atoms with van der Waals surface area (Å²) in [6.45, 7) is -0.223. The molecule has 2 aliphatic rings. The van der Waals surface area contributed by atoms with Gasteiger partial charge in [0.1, 0.15) is 22.1 Å². The molecule has 2 atom stereocenters. The van der Waals surface area contributed by atoms with E-state index in [4.69, 9.17) is 74.3 Å². The summed E-state index contributed by atoms with van der Waals surface area (Å²) in [6.07, 6.45) is 1.46. The molecule has 0 fully saturated rings. The highest BCUT2D eigenvalue weighted by Gasteiger charge is 2.75. The number of phenolic OH excluding ortho intramolecular Hbond substituents is 1. The number of hydrogen-bond donors (Lipinski definition) is 1. The van der Waals surface area contributed by atoms with Crippen molar-refractivity contribution in [3.8, 4) is 5.75 Å². The van der Waals surface area contributed by atoms with Gasteiger partial charge in [-0.3, -0.25) is 0 Å². The van der Waals surface area contributed by atoms with Gasteiger partial charge >= 0.3 is 5.97 Å². The molecule has 0 saturated carbocycles. The van der Waals surface area contributed by atoms with Gasteiger partial charge in [-0.15, -0.1) is 23.2 Å². The maximum atomic E-state index is 12.1. The fourth-order valence-corrected chi connectivity index (χ4v) is 5.18. The predicted molar refractivity (Wildman–Crippen MR) is 96.8 cm³/mol. The van der Waals surface area contributed by atoms with Crippen LogP contribution in [0.4, 0.5) is 0 Å². The number of esters is 1. The zero-order valence-corrected chi connectivity index (χ0v) is 16.2. The summed E-state index contributed by atoms with van der Waals surface area (Å²) in [5.41, 5.74) is 0.592. The minimum atomic E-state index is -1.72. The molecule has 24 heavy (non-hydrogen) atoms. The lowest BCUT2D eigenvalue weighted by Crippen LogP contribution is -2.45. The first-order valence-corrected chi connectivity index (χ1v) is 8.82. The van der Waals surface area contributed by atoms with Crippen molar-refractivity contribution in [1.29, 1.82) is 0 Å². The Morgan fingerprint density at radius 2 is 1.62 bits per heavy atom. The molecule has 0 heterocycles. The van der Waals surface area contributed by atoms with Gasteiger partial charge in [0.15, 0.2) is 4.33 Å². The molecule has 1 aromatic rings. The lowest BCUT2D eigenvalue weighted by atomic mass is 10.0. The first-order valence-electron chi connectivity index (χ1n) is 6.56. The van der Waals surface area contributed by atoms with E-state index in [0.717, 1.165) is 0 Å². The summed E-state index contributed by atoms with van der Waals surface area (Å²) in [5, 5.41) is 9.28. The summed E-state index contributed by atoms with van der Waals surface area (Å²) in [6, 6.07) is 5.57. The number of carbonyl (C=O) groups excluding carboxylic acids is 1. The molecule has 0 aromatic heterocycles. The number of benzene rings is 1. The molecule has 1 aromatic carbocycles. The number of allylic oxidation sites excluding steroid dienone is 3. The molecule has 0 saturated heterocycles. The molecule has 3 rings (SSSR count). The Hall–Kier alpha value is -0.290. The monoisotopic (exact) mass is 446 g/mol. The van der Waals surface area contributed by atoms with Crippen LogP contribution in [0.25, 0.3) is 0 Å². The Bertz CT molecular complexity index is 785. The van der Waals surface area contributed by atoms with E-state index in [1.54, 1.807) is 0 Å². The quantitative estimate of drug-likeness (QED) is 0.386. The summed E-state index contributed by atoms with van der Waals surface area (Å²) >= 11 is 37.8. The van der Waals surface area contributed by atoms with Crippen LogP contribution in [-0.4, -0.2) is 31.8 Å². The third kappa shape index (κ3) is 2.29. The number of aromatic hydroxyl groups is 1. The second kappa shape index (κ2) is 5.87. The zero-order valence-electron chi connectivity index (χ0n) is 11.6. The lowest BCUT2D eigenvalue weighted by molar-refractivity contribution is 0.0536. The van der Waals surface area contributed by atoms with Gasteiger partial charge in [-0.05, 0) is 29.8 Å². The molecule has 2 unspecified atom stereocenters. The van der Waals surface area contributed by atoms with E-state index >= 15 is 0 Å². The third-order valence-electron chi connectivity index (χ3n) is 3.98. The highest BCUT2D eigenvalue weighted by Crippen LogP contribution is 2.71. The molecule has 128 valence electrons. The Morgan fingerprint density at radius 1 is 1.04 bits per heavy atom. The summed E-state index contributed by atoms with van der Waals surface area (Å²) in [4.78, 5) is 9.00. The number of fused-ring (bicyclic) bond motifs is 2. The van der Waals surface area contributed by atoms with E-state index in [1.807, 2.05) is 0 Å². The molecule has 9 heteroatoms. The van der Waals surface area contributed by atoms with Crippen LogP contribution in [0.15, 0.2) is 46.0 Å². The van der Waals surface area contributed by atoms with E-state index in [1.165, 1.54) is 30.3 Å². The van der Waals surface area contributed by atoms with Crippen LogP contribution in [-0.2, 0) is 4.74 Å². The lowest BCUT2D eigenvalue weighted by Gasteiger charge is -2.33. The highest BCUT2D eigenvalue weighted by atomic mass is 35.5. The number of carbonyl (C=O) groups is 1. The molecule has 1 N–H and O–H groups in total. The number of halogens is 6. The van der Waals surface area contributed by atoms with Crippen molar-refractivity contribution in [1.82, 2.24) is 0 Å². The van der Waals surface area contributed by atoms with Crippen LogP contribution in [0.5, 0.6) is 5.75 Å². The van der Waals surface area contributed by atoms with Gasteiger partial charge in [-0.25, -0.2) is 4.79 Å². The molecule has 2 bridgehead atoms. The van der Waals surface area contributed by atoms with Crippen LogP contribution in [0.2, 0.25) is 0 Å². The summed E-state index contributed by atoms with van der Waals surface area (Å²) < 4.78 is 3.49. The maximum Gasteiger partial charge on any atom is 0.338 e. The molecular formula is C15H8Cl6O3. The summed E-state index contributed by atoms with van der Waals surface area (Å²) in [5.74, 6) is -0.588. The van der Waals surface area contributed by atoms with Gasteiger partial charge in [-0.1, -0.05) is 52.5 Å². The Balaban J connectivity index is 1.82. The highest BCUT2D eigenvalue weighted by molar-refractivity contribution is 6.66. The van der Waals surface area contributed by atoms with Crippen LogP contribution >= 0.6 is 69.6 Å². The topological polar surface area (TPSA) is 46.5 Å². The smallest absolute Gasteiger partial charge is 0.338 e. The molecule has 0 spiro atoms. The maximum absolute atomic E-state index is 12.1. The average Bonchev–Trinajstić information content (AvgIpc) is 2.75. The van der Waals surface area contributed by atoms with Gasteiger partial charge in [0, 0.05) is 0 Å². The van der Waals surface area contributed by atoms with Crippen molar-refractivity contribution in [2.24, 2.45) is 0 Å². The second-order valence-corrected chi connectivity index (χ2v) is 8.61. The normalized spacial score (nSPS) is 30.5. The van der Waals surface area contributed by atoms with Crippen molar-refractivity contribution in [2.45, 2.75) is 14.1 Å². The molecular weight excluding hydrogens is 441 g/mol. The van der Waals surface area contributed by atoms with Gasteiger partial charge in [0.25, 0.3) is 0 Å². The minimum absolute atomic E-state index is 0.00372. The SMILES string of the molecule is O=C(OCC1=CC2(Cl)C(Cl)=C(Cl)C1(Cl)C2(Cl)Cl)c1ccc(O)cc1. The molecule has 0 aliphatic heterocycles. The Kier molecular flexibility index (Phi) is 4.52. The molecule has 3 nitrogen and oxygen atoms in total. The number of ether oxygens (including phenoxy) is 1. The van der Waals surface area contributed by atoms with E-state index in [9.17, 15) is 9.90 Å². The van der Waals surface area contributed by atoms with E-state index in [2.05, 4.69) is 0 Å². The van der Waals surface area contributed by atoms with Crippen molar-refractivity contribution in [3.63, 3.8) is 0 Å². The van der Waals surface area contributed by atoms with Crippen LogP contribution < -0.4 is 0 Å². The molecule has 2 aliphatic carbocycles. The van der Waals surface area contributed by atoms with Gasteiger partial charge in [-0.2, -0.15) is 0 Å². The fourth-order valence-electron chi connectivity index (χ4n) is 2.64. The van der Waals surface area contributed by atoms with Crippen molar-refractivity contribution < 1.29 is 14.6 Å². The van der Waals surface area contributed by atoms with E-state index in [-0.39, 0.29) is 28.0 Å². The standard InChI is InChI=1S/C15H8Cl6O3/c16-10-11(17)14(19)8(5-13(10,18)15(14,20)21)6-24-12(23)7-1-3-9(22)4-2-7/h1-5,22H,6H2. The number of hydrogen-bond acceptors (Lipinski definition) is 3. The van der Waals surface area contributed by atoms with Crippen molar-refractivity contribution >= 4 is 75.6 Å². The average molecular weight is 449 g/mol. The first kappa shape index (κ1) is 18.5. The molecule has 0 radical (unpaired) electrons. The fraction of sp³-hybridized carbons (Fsp3) is 0.267. The van der Waals surface area contributed by atoms with Crippen LogP contribution in [0.1, 0.15) is 10.4 Å². The third-order valence-corrected chi connectivity index (χ3v) is 8.08. The number of rotatable bonds is 3.